The number of nitrogens with zero attached hydrogens (tertiary/aromatic N) is 4. The van der Waals surface area contributed by atoms with Gasteiger partial charge in [0.1, 0.15) is 11.6 Å². The van der Waals surface area contributed by atoms with Crippen molar-refractivity contribution in [3.63, 3.8) is 0 Å². The Balaban J connectivity index is 1.40. The highest BCUT2D eigenvalue weighted by atomic mass is 16.5. The van der Waals surface area contributed by atoms with Gasteiger partial charge in [0.25, 0.3) is 5.91 Å². The number of benzene rings is 1. The Morgan fingerprint density at radius 2 is 1.96 bits per heavy atom. The van der Waals surface area contributed by atoms with Gasteiger partial charge in [-0.15, -0.1) is 0 Å². The van der Waals surface area contributed by atoms with E-state index in [2.05, 4.69) is 34.5 Å². The van der Waals surface area contributed by atoms with Crippen molar-refractivity contribution in [1.29, 1.82) is 0 Å². The summed E-state index contributed by atoms with van der Waals surface area (Å²) in [5.74, 6) is 2.39. The summed E-state index contributed by atoms with van der Waals surface area (Å²) in [4.78, 5) is 21.2. The van der Waals surface area contributed by atoms with Crippen LogP contribution in [0, 0.1) is 6.92 Å². The second-order valence-electron chi connectivity index (χ2n) is 7.46. The second-order valence-corrected chi connectivity index (χ2v) is 7.46. The van der Waals surface area contributed by atoms with Crippen LogP contribution < -0.4 is 4.74 Å². The molecule has 27 heavy (non-hydrogen) atoms. The minimum Gasteiger partial charge on any atom is -0.484 e. The van der Waals surface area contributed by atoms with Gasteiger partial charge in [0.15, 0.2) is 6.61 Å². The Morgan fingerprint density at radius 1 is 1.19 bits per heavy atom. The van der Waals surface area contributed by atoms with E-state index >= 15 is 0 Å². The predicted molar refractivity (Wildman–Crippen MR) is 106 cm³/mol. The molecule has 1 fully saturated rings. The van der Waals surface area contributed by atoms with Crippen LogP contribution in [0.1, 0.15) is 31.2 Å². The lowest BCUT2D eigenvalue weighted by Gasteiger charge is -2.34. The van der Waals surface area contributed by atoms with Crippen LogP contribution in [-0.2, 0) is 11.3 Å². The van der Waals surface area contributed by atoms with E-state index in [4.69, 9.17) is 4.74 Å². The van der Waals surface area contributed by atoms with E-state index in [1.165, 1.54) is 0 Å². The fraction of sp³-hybridized carbons (Fsp3) is 0.524. The maximum Gasteiger partial charge on any atom is 0.260 e. The molecule has 3 rings (SSSR count). The van der Waals surface area contributed by atoms with Gasteiger partial charge in [-0.2, -0.15) is 0 Å². The van der Waals surface area contributed by atoms with Gasteiger partial charge in [-0.25, -0.2) is 4.98 Å². The maximum absolute atomic E-state index is 12.4. The van der Waals surface area contributed by atoms with Crippen LogP contribution in [0.4, 0.5) is 0 Å². The number of aromatic nitrogens is 2. The Hall–Kier alpha value is -2.34. The van der Waals surface area contributed by atoms with Crippen LogP contribution in [-0.4, -0.2) is 64.6 Å². The molecule has 1 saturated heterocycles. The zero-order valence-electron chi connectivity index (χ0n) is 16.6. The first-order valence-electron chi connectivity index (χ1n) is 9.73. The fourth-order valence-electron chi connectivity index (χ4n) is 3.42. The lowest BCUT2D eigenvalue weighted by molar-refractivity contribution is -0.135. The number of imidazole rings is 1. The van der Waals surface area contributed by atoms with Crippen LogP contribution in [0.5, 0.6) is 5.75 Å². The molecule has 1 amide bonds. The third-order valence-corrected chi connectivity index (χ3v) is 5.00. The van der Waals surface area contributed by atoms with Gasteiger partial charge < -0.3 is 14.2 Å². The number of amides is 1. The molecule has 2 aromatic rings. The second kappa shape index (κ2) is 9.04. The number of hydrogen-bond donors (Lipinski definition) is 0. The van der Waals surface area contributed by atoms with E-state index < -0.39 is 0 Å². The monoisotopic (exact) mass is 370 g/mol. The molecular formula is C21H30N4O2. The molecule has 1 aliphatic rings. The lowest BCUT2D eigenvalue weighted by atomic mass is 10.2. The zero-order valence-corrected chi connectivity index (χ0v) is 16.6. The van der Waals surface area contributed by atoms with Gasteiger partial charge in [-0.05, 0) is 24.6 Å². The van der Waals surface area contributed by atoms with Crippen molar-refractivity contribution in [2.24, 2.45) is 0 Å². The van der Waals surface area contributed by atoms with Gasteiger partial charge >= 0.3 is 0 Å². The summed E-state index contributed by atoms with van der Waals surface area (Å²) in [6.07, 6.45) is 3.93. The highest BCUT2D eigenvalue weighted by Crippen LogP contribution is 2.14. The molecule has 0 aliphatic carbocycles. The Bertz CT molecular complexity index is 748. The van der Waals surface area contributed by atoms with Crippen molar-refractivity contribution in [2.45, 2.75) is 33.2 Å². The molecule has 0 bridgehead atoms. The first-order valence-corrected chi connectivity index (χ1v) is 9.73. The number of aryl methyl sites for hydroxylation is 1. The van der Waals surface area contributed by atoms with Crippen LogP contribution >= 0.6 is 0 Å². The van der Waals surface area contributed by atoms with Crippen molar-refractivity contribution in [1.82, 2.24) is 19.4 Å². The van der Waals surface area contributed by atoms with E-state index in [1.807, 2.05) is 42.3 Å². The maximum atomic E-state index is 12.4. The van der Waals surface area contributed by atoms with Crippen LogP contribution in [0.2, 0.25) is 0 Å². The third kappa shape index (κ3) is 5.32. The van der Waals surface area contributed by atoms with Gasteiger partial charge in [0, 0.05) is 57.6 Å². The normalized spacial score (nSPS) is 15.3. The zero-order chi connectivity index (χ0) is 19.2. The standard InChI is InChI=1S/C21H30N4O2/c1-17(2)21-22-7-8-25(21)14-11-23-9-12-24(13-10-23)20(26)16-27-19-6-4-5-18(3)15-19/h4-8,15,17H,9-14,16H2,1-3H3. The average molecular weight is 370 g/mol. The van der Waals surface area contributed by atoms with Gasteiger partial charge in [0.05, 0.1) is 0 Å². The van der Waals surface area contributed by atoms with E-state index in [0.717, 1.165) is 56.4 Å². The van der Waals surface area contributed by atoms with Crippen molar-refractivity contribution < 1.29 is 9.53 Å². The number of carbonyl (C=O) groups is 1. The minimum atomic E-state index is 0.0628. The molecule has 146 valence electrons. The van der Waals surface area contributed by atoms with E-state index in [-0.39, 0.29) is 12.5 Å². The summed E-state index contributed by atoms with van der Waals surface area (Å²) >= 11 is 0. The Morgan fingerprint density at radius 3 is 2.67 bits per heavy atom. The number of ether oxygens (including phenoxy) is 1. The number of piperazine rings is 1. The molecule has 0 unspecified atom stereocenters. The first-order chi connectivity index (χ1) is 13.0. The van der Waals surface area contributed by atoms with Gasteiger partial charge in [-0.1, -0.05) is 26.0 Å². The Labute approximate surface area is 161 Å². The SMILES string of the molecule is Cc1cccc(OCC(=O)N2CCN(CCn3ccnc3C(C)C)CC2)c1. The minimum absolute atomic E-state index is 0.0628. The molecule has 2 heterocycles. The summed E-state index contributed by atoms with van der Waals surface area (Å²) in [5.41, 5.74) is 1.13. The van der Waals surface area contributed by atoms with Crippen LogP contribution in [0.3, 0.4) is 0 Å². The fourth-order valence-corrected chi connectivity index (χ4v) is 3.42. The van der Waals surface area contributed by atoms with E-state index in [9.17, 15) is 4.79 Å². The topological polar surface area (TPSA) is 50.6 Å². The molecule has 0 atom stereocenters. The largest absolute Gasteiger partial charge is 0.484 e. The summed E-state index contributed by atoms with van der Waals surface area (Å²) in [5, 5.41) is 0. The summed E-state index contributed by atoms with van der Waals surface area (Å²) in [6, 6.07) is 7.80. The highest BCUT2D eigenvalue weighted by molar-refractivity contribution is 5.77. The number of rotatable bonds is 7. The van der Waals surface area contributed by atoms with Crippen LogP contribution in [0.25, 0.3) is 0 Å². The van der Waals surface area contributed by atoms with Gasteiger partial charge in [-0.3, -0.25) is 9.69 Å². The lowest BCUT2D eigenvalue weighted by Crippen LogP contribution is -2.50. The van der Waals surface area contributed by atoms with Gasteiger partial charge in [0.2, 0.25) is 0 Å². The van der Waals surface area contributed by atoms with E-state index in [0.29, 0.717) is 5.92 Å². The quantitative estimate of drug-likeness (QED) is 0.752. The van der Waals surface area contributed by atoms with E-state index in [1.54, 1.807) is 0 Å². The highest BCUT2D eigenvalue weighted by Gasteiger charge is 2.21. The third-order valence-electron chi connectivity index (χ3n) is 5.00. The predicted octanol–water partition coefficient (Wildman–Crippen LogP) is 2.54. The molecule has 0 N–H and O–H groups in total. The average Bonchev–Trinajstić information content (AvgIpc) is 3.14. The molecule has 0 radical (unpaired) electrons. The number of hydrogen-bond acceptors (Lipinski definition) is 4. The molecule has 1 aromatic carbocycles. The summed E-state index contributed by atoms with van der Waals surface area (Å²) < 4.78 is 7.88. The molecule has 0 spiro atoms. The molecule has 6 nitrogen and oxygen atoms in total. The van der Waals surface area contributed by atoms with Crippen molar-refractivity contribution in [3.8, 4) is 5.75 Å². The van der Waals surface area contributed by atoms with Crippen LogP contribution in [0.15, 0.2) is 36.7 Å². The van der Waals surface area contributed by atoms with Crippen molar-refractivity contribution in [2.75, 3.05) is 39.3 Å². The summed E-state index contributed by atoms with van der Waals surface area (Å²) in [6.45, 7) is 11.7. The molecule has 6 heteroatoms. The first kappa shape index (κ1) is 19.4. The smallest absolute Gasteiger partial charge is 0.260 e. The Kier molecular flexibility index (Phi) is 6.50. The number of carbonyl (C=O) groups excluding carboxylic acids is 1. The molecule has 1 aliphatic heterocycles. The van der Waals surface area contributed by atoms with Crippen molar-refractivity contribution >= 4 is 5.91 Å². The molecule has 1 aromatic heterocycles. The molecule has 0 saturated carbocycles. The van der Waals surface area contributed by atoms with Crippen molar-refractivity contribution in [3.05, 3.63) is 48.0 Å². The molecular weight excluding hydrogens is 340 g/mol. The summed E-state index contributed by atoms with van der Waals surface area (Å²) in [7, 11) is 0.